The molecular weight excluding hydrogens is 274 g/mol. The van der Waals surface area contributed by atoms with Gasteiger partial charge in [0.1, 0.15) is 11.2 Å². The van der Waals surface area contributed by atoms with Crippen LogP contribution < -0.4 is 4.90 Å². The Balaban J connectivity index is 2.46. The second kappa shape index (κ2) is 6.18. The Labute approximate surface area is 122 Å². The molecular formula is C15H12ClN3O. The van der Waals surface area contributed by atoms with Gasteiger partial charge in [-0.1, -0.05) is 29.8 Å². The number of hydrogen-bond acceptors (Lipinski definition) is 3. The van der Waals surface area contributed by atoms with Crippen LogP contribution in [0.25, 0.3) is 0 Å². The average Bonchev–Trinajstić information content (AvgIpc) is 2.48. The van der Waals surface area contributed by atoms with Crippen molar-refractivity contribution in [2.75, 3.05) is 4.90 Å². The summed E-state index contributed by atoms with van der Waals surface area (Å²) in [5.41, 5.74) is 0.923. The number of hydrogen-bond donors (Lipinski definition) is 0. The van der Waals surface area contributed by atoms with Crippen LogP contribution in [0.4, 0.5) is 5.69 Å². The summed E-state index contributed by atoms with van der Waals surface area (Å²) in [6.45, 7) is 1.66. The summed E-state index contributed by atoms with van der Waals surface area (Å²) < 4.78 is 0. The Bertz CT molecular complexity index is 652. The van der Waals surface area contributed by atoms with E-state index in [9.17, 15) is 4.79 Å². The van der Waals surface area contributed by atoms with Crippen molar-refractivity contribution in [2.24, 2.45) is 0 Å². The molecule has 1 atom stereocenters. The Morgan fingerprint density at radius 3 is 2.60 bits per heavy atom. The summed E-state index contributed by atoms with van der Waals surface area (Å²) in [6, 6.07) is 13.7. The van der Waals surface area contributed by atoms with Gasteiger partial charge in [0.05, 0.1) is 11.6 Å². The lowest BCUT2D eigenvalue weighted by Crippen LogP contribution is -2.38. The molecule has 1 aromatic carbocycles. The molecule has 0 radical (unpaired) electrons. The minimum absolute atomic E-state index is 0.128. The molecule has 0 bridgehead atoms. The van der Waals surface area contributed by atoms with E-state index in [-0.39, 0.29) is 16.6 Å². The number of rotatable bonds is 3. The standard InChI is InChI=1S/C15H12ClN3O/c1-11(10-17)19(12-6-3-2-4-7-12)15(20)13-8-5-9-18-14(13)16/h2-9,11H,1H3/t11-/m0/s1. The first-order chi connectivity index (χ1) is 9.65. The maximum atomic E-state index is 12.6. The smallest absolute Gasteiger partial charge is 0.262 e. The van der Waals surface area contributed by atoms with Gasteiger partial charge in [-0.25, -0.2) is 4.98 Å². The van der Waals surface area contributed by atoms with Gasteiger partial charge in [-0.05, 0) is 31.2 Å². The lowest BCUT2D eigenvalue weighted by molar-refractivity contribution is 0.0983. The van der Waals surface area contributed by atoms with Crippen molar-refractivity contribution in [3.63, 3.8) is 0 Å². The predicted octanol–water partition coefficient (Wildman–Crippen LogP) is 3.29. The number of pyridine rings is 1. The first kappa shape index (κ1) is 14.0. The van der Waals surface area contributed by atoms with Gasteiger partial charge >= 0.3 is 0 Å². The molecule has 1 aromatic heterocycles. The molecule has 0 aliphatic heterocycles. The van der Waals surface area contributed by atoms with Gasteiger partial charge in [-0.15, -0.1) is 0 Å². The molecule has 0 spiro atoms. The van der Waals surface area contributed by atoms with E-state index < -0.39 is 6.04 Å². The number of amides is 1. The summed E-state index contributed by atoms with van der Waals surface area (Å²) in [6.07, 6.45) is 1.51. The van der Waals surface area contributed by atoms with Crippen molar-refractivity contribution >= 4 is 23.2 Å². The first-order valence-electron chi connectivity index (χ1n) is 6.04. The molecule has 0 fully saturated rings. The Kier molecular flexibility index (Phi) is 4.34. The molecule has 5 heteroatoms. The Morgan fingerprint density at radius 2 is 2.00 bits per heavy atom. The molecule has 1 amide bonds. The van der Waals surface area contributed by atoms with Crippen LogP contribution in [-0.2, 0) is 0 Å². The van der Waals surface area contributed by atoms with Crippen LogP contribution in [0.5, 0.6) is 0 Å². The first-order valence-corrected chi connectivity index (χ1v) is 6.41. The zero-order valence-electron chi connectivity index (χ0n) is 10.8. The Hall–Kier alpha value is -2.38. The lowest BCUT2D eigenvalue weighted by Gasteiger charge is -2.25. The van der Waals surface area contributed by atoms with Gasteiger partial charge in [0, 0.05) is 11.9 Å². The molecule has 0 N–H and O–H groups in total. The van der Waals surface area contributed by atoms with E-state index in [0.29, 0.717) is 5.69 Å². The van der Waals surface area contributed by atoms with Crippen molar-refractivity contribution < 1.29 is 4.79 Å². The van der Waals surface area contributed by atoms with Crippen LogP contribution in [0.3, 0.4) is 0 Å². The normalized spacial score (nSPS) is 11.4. The van der Waals surface area contributed by atoms with Crippen LogP contribution >= 0.6 is 11.6 Å². The highest BCUT2D eigenvalue weighted by Gasteiger charge is 2.24. The zero-order valence-corrected chi connectivity index (χ0v) is 11.6. The molecule has 0 aliphatic rings. The van der Waals surface area contributed by atoms with Crippen LogP contribution in [0.1, 0.15) is 17.3 Å². The molecule has 0 saturated carbocycles. The molecule has 4 nitrogen and oxygen atoms in total. The molecule has 2 aromatic rings. The largest absolute Gasteiger partial charge is 0.292 e. The third-order valence-electron chi connectivity index (χ3n) is 2.82. The molecule has 20 heavy (non-hydrogen) atoms. The summed E-state index contributed by atoms with van der Waals surface area (Å²) in [5.74, 6) is -0.344. The van der Waals surface area contributed by atoms with E-state index >= 15 is 0 Å². The van der Waals surface area contributed by atoms with Gasteiger partial charge in [0.25, 0.3) is 5.91 Å². The second-order valence-electron chi connectivity index (χ2n) is 4.16. The second-order valence-corrected chi connectivity index (χ2v) is 4.52. The highest BCUT2D eigenvalue weighted by molar-refractivity contribution is 6.33. The number of para-hydroxylation sites is 1. The summed E-state index contributed by atoms with van der Waals surface area (Å²) in [7, 11) is 0. The number of halogens is 1. The van der Waals surface area contributed by atoms with Gasteiger partial charge < -0.3 is 0 Å². The number of carbonyl (C=O) groups excluding carboxylic acids is 1. The van der Waals surface area contributed by atoms with Crippen LogP contribution in [0.2, 0.25) is 5.15 Å². The number of carbonyl (C=O) groups is 1. The third kappa shape index (κ3) is 2.79. The minimum atomic E-state index is -0.610. The van der Waals surface area contributed by atoms with E-state index in [0.717, 1.165) is 0 Å². The average molecular weight is 286 g/mol. The molecule has 0 aliphatic carbocycles. The zero-order chi connectivity index (χ0) is 14.5. The fraction of sp³-hybridized carbons (Fsp3) is 0.133. The van der Waals surface area contributed by atoms with Crippen LogP contribution in [-0.4, -0.2) is 16.9 Å². The summed E-state index contributed by atoms with van der Waals surface area (Å²) >= 11 is 5.96. The highest BCUT2D eigenvalue weighted by Crippen LogP contribution is 2.22. The third-order valence-corrected chi connectivity index (χ3v) is 3.12. The van der Waals surface area contributed by atoms with Gasteiger partial charge in [-0.3, -0.25) is 9.69 Å². The topological polar surface area (TPSA) is 57.0 Å². The van der Waals surface area contributed by atoms with Crippen molar-refractivity contribution in [3.8, 4) is 6.07 Å². The van der Waals surface area contributed by atoms with E-state index in [1.54, 1.807) is 31.2 Å². The minimum Gasteiger partial charge on any atom is -0.292 e. The lowest BCUT2D eigenvalue weighted by atomic mass is 10.1. The fourth-order valence-electron chi connectivity index (χ4n) is 1.84. The highest BCUT2D eigenvalue weighted by atomic mass is 35.5. The van der Waals surface area contributed by atoms with Gasteiger partial charge in [0.15, 0.2) is 0 Å². The maximum Gasteiger partial charge on any atom is 0.262 e. The van der Waals surface area contributed by atoms with Crippen molar-refractivity contribution in [2.45, 2.75) is 13.0 Å². The molecule has 0 saturated heterocycles. The number of nitriles is 1. The number of anilines is 1. The van der Waals surface area contributed by atoms with E-state index in [1.165, 1.54) is 11.1 Å². The van der Waals surface area contributed by atoms with E-state index in [1.807, 2.05) is 18.2 Å². The number of aromatic nitrogens is 1. The summed E-state index contributed by atoms with van der Waals surface area (Å²) in [4.78, 5) is 17.9. The van der Waals surface area contributed by atoms with Crippen LogP contribution in [0, 0.1) is 11.3 Å². The Morgan fingerprint density at radius 1 is 1.30 bits per heavy atom. The maximum absolute atomic E-state index is 12.6. The predicted molar refractivity (Wildman–Crippen MR) is 77.6 cm³/mol. The van der Waals surface area contributed by atoms with Crippen molar-refractivity contribution in [1.29, 1.82) is 5.26 Å². The van der Waals surface area contributed by atoms with Gasteiger partial charge in [0.2, 0.25) is 0 Å². The van der Waals surface area contributed by atoms with Crippen molar-refractivity contribution in [1.82, 2.24) is 4.98 Å². The van der Waals surface area contributed by atoms with Crippen LogP contribution in [0.15, 0.2) is 48.7 Å². The SMILES string of the molecule is C[C@@H](C#N)N(C(=O)c1cccnc1Cl)c1ccccc1. The van der Waals surface area contributed by atoms with Gasteiger partial charge in [-0.2, -0.15) is 5.26 Å². The molecule has 0 unspecified atom stereocenters. The van der Waals surface area contributed by atoms with E-state index in [2.05, 4.69) is 11.1 Å². The molecule has 1 heterocycles. The number of benzene rings is 1. The van der Waals surface area contributed by atoms with E-state index in [4.69, 9.17) is 16.9 Å². The fourth-order valence-corrected chi connectivity index (χ4v) is 2.04. The number of nitrogens with zero attached hydrogens (tertiary/aromatic N) is 3. The van der Waals surface area contributed by atoms with Crippen molar-refractivity contribution in [3.05, 3.63) is 59.4 Å². The molecule has 2 rings (SSSR count). The molecule has 100 valence electrons. The quantitative estimate of drug-likeness (QED) is 0.813. The summed E-state index contributed by atoms with van der Waals surface area (Å²) in [5, 5.41) is 9.27. The monoisotopic (exact) mass is 285 g/mol.